The van der Waals surface area contributed by atoms with Crippen molar-refractivity contribution in [2.75, 3.05) is 33.7 Å². The van der Waals surface area contributed by atoms with E-state index in [4.69, 9.17) is 0 Å². The van der Waals surface area contributed by atoms with Gasteiger partial charge in [0.2, 0.25) is 5.91 Å². The molecule has 1 heterocycles. The highest BCUT2D eigenvalue weighted by Gasteiger charge is 2.23. The number of carbonyl (C=O) groups is 1. The molecule has 5 nitrogen and oxygen atoms in total. The van der Waals surface area contributed by atoms with Gasteiger partial charge in [-0.25, -0.2) is 0 Å². The number of aliphatic imine (C=N–C) groups is 1. The minimum absolute atomic E-state index is 0. The van der Waals surface area contributed by atoms with Gasteiger partial charge in [0.15, 0.2) is 5.96 Å². The van der Waals surface area contributed by atoms with Crippen LogP contribution in [0, 0.1) is 11.8 Å². The molecule has 0 aromatic rings. The predicted octanol–water partition coefficient (Wildman–Crippen LogP) is 3.39. The van der Waals surface area contributed by atoms with Crippen LogP contribution in [0.5, 0.6) is 0 Å². The largest absolute Gasteiger partial charge is 0.359 e. The summed E-state index contributed by atoms with van der Waals surface area (Å²) in [6.07, 6.45) is 12.6. The van der Waals surface area contributed by atoms with Crippen LogP contribution in [0.4, 0.5) is 0 Å². The maximum Gasteiger partial charge on any atom is 0.220 e. The summed E-state index contributed by atoms with van der Waals surface area (Å²) in [4.78, 5) is 18.3. The Morgan fingerprint density at radius 2 is 1.76 bits per heavy atom. The molecule has 25 heavy (non-hydrogen) atoms. The molecule has 0 bridgehead atoms. The smallest absolute Gasteiger partial charge is 0.220 e. The van der Waals surface area contributed by atoms with Crippen molar-refractivity contribution in [3.8, 4) is 0 Å². The fraction of sp³-hybridized carbons (Fsp3) is 0.895. The van der Waals surface area contributed by atoms with Crippen LogP contribution < -0.4 is 10.6 Å². The summed E-state index contributed by atoms with van der Waals surface area (Å²) in [6.45, 7) is 3.03. The van der Waals surface area contributed by atoms with Crippen LogP contribution in [0.2, 0.25) is 0 Å². The molecule has 0 spiro atoms. The predicted molar refractivity (Wildman–Crippen MR) is 116 cm³/mol. The van der Waals surface area contributed by atoms with Crippen molar-refractivity contribution >= 4 is 35.8 Å². The van der Waals surface area contributed by atoms with Gasteiger partial charge in [-0.15, -0.1) is 24.0 Å². The summed E-state index contributed by atoms with van der Waals surface area (Å²) >= 11 is 0. The first-order chi connectivity index (χ1) is 11.7. The average Bonchev–Trinajstić information content (AvgIpc) is 3.12. The van der Waals surface area contributed by atoms with E-state index in [9.17, 15) is 4.79 Å². The number of unbranched alkanes of at least 4 members (excludes halogenated alkanes) is 1. The van der Waals surface area contributed by atoms with Crippen molar-refractivity contribution in [2.24, 2.45) is 16.8 Å². The lowest BCUT2D eigenvalue weighted by Gasteiger charge is -2.34. The zero-order chi connectivity index (χ0) is 17.2. The van der Waals surface area contributed by atoms with Crippen LogP contribution in [0.3, 0.4) is 0 Å². The highest BCUT2D eigenvalue weighted by atomic mass is 127. The fourth-order valence-electron chi connectivity index (χ4n) is 4.10. The summed E-state index contributed by atoms with van der Waals surface area (Å²) in [6, 6.07) is 0. The second kappa shape index (κ2) is 12.8. The third-order valence-corrected chi connectivity index (χ3v) is 5.68. The number of halogens is 1. The summed E-state index contributed by atoms with van der Waals surface area (Å²) in [7, 11) is 3.59. The molecule has 0 radical (unpaired) electrons. The van der Waals surface area contributed by atoms with Gasteiger partial charge in [-0.3, -0.25) is 9.79 Å². The number of hydrogen-bond acceptors (Lipinski definition) is 2. The van der Waals surface area contributed by atoms with E-state index in [0.717, 1.165) is 44.4 Å². The number of nitrogens with zero attached hydrogens (tertiary/aromatic N) is 2. The van der Waals surface area contributed by atoms with E-state index in [0.29, 0.717) is 12.3 Å². The van der Waals surface area contributed by atoms with E-state index in [2.05, 4.69) is 20.5 Å². The third kappa shape index (κ3) is 8.13. The van der Waals surface area contributed by atoms with Gasteiger partial charge in [0.25, 0.3) is 0 Å². The monoisotopic (exact) mass is 464 g/mol. The van der Waals surface area contributed by atoms with Crippen LogP contribution in [0.1, 0.15) is 64.2 Å². The van der Waals surface area contributed by atoms with E-state index >= 15 is 0 Å². The van der Waals surface area contributed by atoms with Crippen molar-refractivity contribution < 1.29 is 4.79 Å². The lowest BCUT2D eigenvalue weighted by molar-refractivity contribution is -0.121. The van der Waals surface area contributed by atoms with Crippen molar-refractivity contribution in [1.82, 2.24) is 15.5 Å². The molecule has 0 atom stereocenters. The lowest BCUT2D eigenvalue weighted by Crippen LogP contribution is -2.46. The summed E-state index contributed by atoms with van der Waals surface area (Å²) in [5.41, 5.74) is 0. The van der Waals surface area contributed by atoms with Gasteiger partial charge in [0, 0.05) is 40.2 Å². The molecule has 1 saturated carbocycles. The molecular weight excluding hydrogens is 427 g/mol. The fourth-order valence-corrected chi connectivity index (χ4v) is 4.10. The molecule has 2 aliphatic rings. The van der Waals surface area contributed by atoms with Gasteiger partial charge in [-0.1, -0.05) is 38.5 Å². The summed E-state index contributed by atoms with van der Waals surface area (Å²) in [5.74, 6) is 2.72. The number of guanidine groups is 1. The van der Waals surface area contributed by atoms with Gasteiger partial charge < -0.3 is 15.5 Å². The molecule has 1 aliphatic carbocycles. The summed E-state index contributed by atoms with van der Waals surface area (Å²) in [5, 5.41) is 6.26. The number of carbonyl (C=O) groups excluding carboxylic acids is 1. The number of piperidine rings is 1. The van der Waals surface area contributed by atoms with Gasteiger partial charge in [0.05, 0.1) is 0 Å². The standard InChI is InChI=1S/C19H36N4O.HI/c1-20-18(24)15-17-10-13-23(14-11-17)19(21-2)22-12-6-5-9-16-7-3-4-8-16;/h16-17H,3-15H2,1-2H3,(H,20,24)(H,21,22);1H. The maximum absolute atomic E-state index is 11.5. The normalized spacial score (nSPS) is 19.6. The SMILES string of the molecule is CN=C(NCCCCC1CCCC1)N1CCC(CC(=O)NC)CC1.I. The molecule has 0 aromatic carbocycles. The maximum atomic E-state index is 11.5. The van der Waals surface area contributed by atoms with E-state index in [1.165, 1.54) is 44.9 Å². The molecule has 2 fully saturated rings. The third-order valence-electron chi connectivity index (χ3n) is 5.68. The van der Waals surface area contributed by atoms with E-state index < -0.39 is 0 Å². The molecule has 2 N–H and O–H groups in total. The quantitative estimate of drug-likeness (QED) is 0.263. The molecule has 0 unspecified atom stereocenters. The Morgan fingerprint density at radius 3 is 2.36 bits per heavy atom. The Bertz CT molecular complexity index is 402. The number of rotatable bonds is 7. The van der Waals surface area contributed by atoms with Crippen LogP contribution in [0.15, 0.2) is 4.99 Å². The molecule has 146 valence electrons. The van der Waals surface area contributed by atoms with Crippen LogP contribution in [-0.2, 0) is 4.79 Å². The van der Waals surface area contributed by atoms with Gasteiger partial charge >= 0.3 is 0 Å². The molecule has 1 amide bonds. The highest BCUT2D eigenvalue weighted by molar-refractivity contribution is 14.0. The van der Waals surface area contributed by atoms with Crippen molar-refractivity contribution in [1.29, 1.82) is 0 Å². The zero-order valence-electron chi connectivity index (χ0n) is 16.1. The molecule has 0 aromatic heterocycles. The lowest BCUT2D eigenvalue weighted by atomic mass is 9.93. The minimum Gasteiger partial charge on any atom is -0.359 e. The van der Waals surface area contributed by atoms with E-state index in [1.54, 1.807) is 7.05 Å². The zero-order valence-corrected chi connectivity index (χ0v) is 18.4. The first kappa shape index (κ1) is 22.5. The molecular formula is C19H37IN4O. The Morgan fingerprint density at radius 1 is 1.08 bits per heavy atom. The van der Waals surface area contributed by atoms with Gasteiger partial charge in [-0.05, 0) is 31.1 Å². The second-order valence-electron chi connectivity index (χ2n) is 7.43. The first-order valence-electron chi connectivity index (χ1n) is 9.89. The van der Waals surface area contributed by atoms with Crippen molar-refractivity contribution in [3.63, 3.8) is 0 Å². The molecule has 1 aliphatic heterocycles. The number of nitrogens with one attached hydrogen (secondary N) is 2. The van der Waals surface area contributed by atoms with Crippen LogP contribution >= 0.6 is 24.0 Å². The molecule has 6 heteroatoms. The number of likely N-dealkylation sites (tertiary alicyclic amines) is 1. The Kier molecular flexibility index (Phi) is 11.5. The highest BCUT2D eigenvalue weighted by Crippen LogP contribution is 2.28. The number of amides is 1. The second-order valence-corrected chi connectivity index (χ2v) is 7.43. The Balaban J connectivity index is 0.00000312. The Hall–Kier alpha value is -0.530. The average molecular weight is 464 g/mol. The molecule has 2 rings (SSSR count). The van der Waals surface area contributed by atoms with E-state index in [-0.39, 0.29) is 29.9 Å². The van der Waals surface area contributed by atoms with E-state index in [1.807, 2.05) is 7.05 Å². The van der Waals surface area contributed by atoms with Crippen molar-refractivity contribution in [2.45, 2.75) is 64.2 Å². The number of hydrogen-bond donors (Lipinski definition) is 2. The van der Waals surface area contributed by atoms with Crippen LogP contribution in [0.25, 0.3) is 0 Å². The first-order valence-corrected chi connectivity index (χ1v) is 9.89. The van der Waals surface area contributed by atoms with Gasteiger partial charge in [-0.2, -0.15) is 0 Å². The van der Waals surface area contributed by atoms with Crippen LogP contribution in [-0.4, -0.2) is 50.5 Å². The van der Waals surface area contributed by atoms with Gasteiger partial charge in [0.1, 0.15) is 0 Å². The topological polar surface area (TPSA) is 56.7 Å². The summed E-state index contributed by atoms with van der Waals surface area (Å²) < 4.78 is 0. The molecule has 1 saturated heterocycles. The van der Waals surface area contributed by atoms with Crippen molar-refractivity contribution in [3.05, 3.63) is 0 Å². The Labute approximate surface area is 170 Å². The minimum atomic E-state index is 0.